The Hall–Kier alpha value is -1.37. The van der Waals surface area contributed by atoms with Crippen LogP contribution in [0, 0.1) is 11.3 Å². The van der Waals surface area contributed by atoms with Crippen LogP contribution in [-0.2, 0) is 6.42 Å². The molecule has 0 radical (unpaired) electrons. The van der Waals surface area contributed by atoms with Crippen molar-refractivity contribution in [1.29, 1.82) is 5.26 Å². The Bertz CT molecular complexity index is 318. The van der Waals surface area contributed by atoms with Crippen LogP contribution in [-0.4, -0.2) is 36.2 Å². The van der Waals surface area contributed by atoms with Crippen molar-refractivity contribution >= 4 is 0 Å². The summed E-state index contributed by atoms with van der Waals surface area (Å²) in [6.07, 6.45) is 0.773. The molecule has 0 aromatic heterocycles. The zero-order chi connectivity index (χ0) is 11.1. The highest BCUT2D eigenvalue weighted by atomic mass is 16.3. The number of aliphatic hydroxyl groups excluding tert-OH is 1. The van der Waals surface area contributed by atoms with Gasteiger partial charge in [0.25, 0.3) is 0 Å². The Kier molecular flexibility index (Phi) is 4.82. The standard InChI is InChI=1S/C12H16N2O/c1-14(8-7-13)12(10-15)9-11-5-3-2-4-6-11/h2-6,12,15H,8-10H2,1H3/t12-/m0/s1. The molecule has 1 N–H and O–H groups in total. The summed E-state index contributed by atoms with van der Waals surface area (Å²) in [6.45, 7) is 0.422. The zero-order valence-corrected chi connectivity index (χ0v) is 8.93. The maximum Gasteiger partial charge on any atom is 0.0866 e. The molecule has 0 aliphatic rings. The number of likely N-dealkylation sites (N-methyl/N-ethyl adjacent to an activating group) is 1. The summed E-state index contributed by atoms with van der Waals surface area (Å²) in [7, 11) is 1.85. The lowest BCUT2D eigenvalue weighted by Gasteiger charge is -2.23. The van der Waals surface area contributed by atoms with Gasteiger partial charge in [0.05, 0.1) is 19.2 Å². The molecular formula is C12H16N2O. The monoisotopic (exact) mass is 204 g/mol. The van der Waals surface area contributed by atoms with Gasteiger partial charge in [-0.05, 0) is 19.0 Å². The highest BCUT2D eigenvalue weighted by Crippen LogP contribution is 2.06. The van der Waals surface area contributed by atoms with E-state index >= 15 is 0 Å². The van der Waals surface area contributed by atoms with E-state index in [2.05, 4.69) is 6.07 Å². The van der Waals surface area contributed by atoms with E-state index in [9.17, 15) is 5.11 Å². The van der Waals surface area contributed by atoms with Crippen molar-refractivity contribution in [2.45, 2.75) is 12.5 Å². The maximum atomic E-state index is 9.23. The molecule has 1 atom stereocenters. The molecule has 0 fully saturated rings. The Morgan fingerprint density at radius 2 is 2.07 bits per heavy atom. The van der Waals surface area contributed by atoms with Crippen molar-refractivity contribution in [2.75, 3.05) is 20.2 Å². The first-order valence-corrected chi connectivity index (χ1v) is 5.00. The van der Waals surface area contributed by atoms with Gasteiger partial charge in [-0.1, -0.05) is 30.3 Å². The molecule has 80 valence electrons. The number of benzene rings is 1. The zero-order valence-electron chi connectivity index (χ0n) is 8.93. The van der Waals surface area contributed by atoms with E-state index in [0.717, 1.165) is 6.42 Å². The first kappa shape index (κ1) is 11.7. The number of nitriles is 1. The normalized spacial score (nSPS) is 12.4. The van der Waals surface area contributed by atoms with E-state index in [-0.39, 0.29) is 12.6 Å². The molecule has 0 bridgehead atoms. The third-order valence-corrected chi connectivity index (χ3v) is 2.47. The summed E-state index contributed by atoms with van der Waals surface area (Å²) in [6, 6.07) is 12.1. The molecule has 0 heterocycles. The second-order valence-electron chi connectivity index (χ2n) is 3.60. The minimum atomic E-state index is 0.0204. The summed E-state index contributed by atoms with van der Waals surface area (Å²) >= 11 is 0. The fraction of sp³-hybridized carbons (Fsp3) is 0.417. The van der Waals surface area contributed by atoms with Gasteiger partial charge in [0.15, 0.2) is 0 Å². The van der Waals surface area contributed by atoms with Gasteiger partial charge in [-0.2, -0.15) is 5.26 Å². The second-order valence-corrected chi connectivity index (χ2v) is 3.60. The number of nitrogens with zero attached hydrogens (tertiary/aromatic N) is 2. The van der Waals surface area contributed by atoms with Crippen LogP contribution in [0.5, 0.6) is 0 Å². The average molecular weight is 204 g/mol. The highest BCUT2D eigenvalue weighted by molar-refractivity contribution is 5.16. The molecule has 3 nitrogen and oxygen atoms in total. The summed E-state index contributed by atoms with van der Waals surface area (Å²) in [5.74, 6) is 0. The predicted octanol–water partition coefficient (Wildman–Crippen LogP) is 1.05. The van der Waals surface area contributed by atoms with Crippen molar-refractivity contribution in [3.05, 3.63) is 35.9 Å². The van der Waals surface area contributed by atoms with Crippen molar-refractivity contribution < 1.29 is 5.11 Å². The van der Waals surface area contributed by atoms with E-state index in [1.807, 2.05) is 42.3 Å². The molecule has 1 aromatic rings. The largest absolute Gasteiger partial charge is 0.395 e. The van der Waals surface area contributed by atoms with Gasteiger partial charge in [-0.3, -0.25) is 4.90 Å². The molecule has 1 rings (SSSR count). The SMILES string of the molecule is CN(CC#N)[C@H](CO)Cc1ccccc1. The molecule has 0 saturated heterocycles. The topological polar surface area (TPSA) is 47.3 Å². The first-order chi connectivity index (χ1) is 7.27. The van der Waals surface area contributed by atoms with Crippen molar-refractivity contribution in [3.8, 4) is 6.07 Å². The lowest BCUT2D eigenvalue weighted by atomic mass is 10.1. The third-order valence-electron chi connectivity index (χ3n) is 2.47. The summed E-state index contributed by atoms with van der Waals surface area (Å²) in [5, 5.41) is 17.8. The molecule has 0 amide bonds. The molecule has 0 aliphatic heterocycles. The van der Waals surface area contributed by atoms with Gasteiger partial charge in [-0.15, -0.1) is 0 Å². The van der Waals surface area contributed by atoms with Crippen LogP contribution in [0.1, 0.15) is 5.56 Å². The Morgan fingerprint density at radius 1 is 1.40 bits per heavy atom. The molecule has 0 unspecified atom stereocenters. The van der Waals surface area contributed by atoms with Gasteiger partial charge in [0, 0.05) is 6.04 Å². The first-order valence-electron chi connectivity index (χ1n) is 5.00. The molecule has 1 aromatic carbocycles. The van der Waals surface area contributed by atoms with E-state index in [1.54, 1.807) is 0 Å². The van der Waals surface area contributed by atoms with Crippen LogP contribution in [0.25, 0.3) is 0 Å². The second kappa shape index (κ2) is 6.18. The Morgan fingerprint density at radius 3 is 2.60 bits per heavy atom. The van der Waals surface area contributed by atoms with Crippen molar-refractivity contribution in [2.24, 2.45) is 0 Å². The van der Waals surface area contributed by atoms with Gasteiger partial charge < -0.3 is 5.11 Å². The van der Waals surface area contributed by atoms with Gasteiger partial charge in [0.2, 0.25) is 0 Å². The fourth-order valence-electron chi connectivity index (χ4n) is 1.49. The number of hydrogen-bond acceptors (Lipinski definition) is 3. The molecule has 0 spiro atoms. The van der Waals surface area contributed by atoms with Crippen LogP contribution in [0.3, 0.4) is 0 Å². The third kappa shape index (κ3) is 3.70. The lowest BCUT2D eigenvalue weighted by Crippen LogP contribution is -2.36. The van der Waals surface area contributed by atoms with Crippen LogP contribution in [0.15, 0.2) is 30.3 Å². The van der Waals surface area contributed by atoms with Gasteiger partial charge in [-0.25, -0.2) is 0 Å². The Balaban J connectivity index is 2.58. The molecule has 0 aliphatic carbocycles. The van der Waals surface area contributed by atoms with Crippen molar-refractivity contribution in [1.82, 2.24) is 4.90 Å². The summed E-state index contributed by atoms with van der Waals surface area (Å²) < 4.78 is 0. The van der Waals surface area contributed by atoms with Crippen molar-refractivity contribution in [3.63, 3.8) is 0 Å². The number of hydrogen-bond donors (Lipinski definition) is 1. The quantitative estimate of drug-likeness (QED) is 0.729. The van der Waals surface area contributed by atoms with E-state index in [0.29, 0.717) is 6.54 Å². The maximum absolute atomic E-state index is 9.23. The highest BCUT2D eigenvalue weighted by Gasteiger charge is 2.13. The summed E-state index contributed by atoms with van der Waals surface area (Å²) in [5.41, 5.74) is 1.18. The van der Waals surface area contributed by atoms with Crippen LogP contribution < -0.4 is 0 Å². The van der Waals surface area contributed by atoms with E-state index in [1.165, 1.54) is 5.56 Å². The number of aliphatic hydroxyl groups is 1. The average Bonchev–Trinajstić information content (AvgIpc) is 2.27. The van der Waals surface area contributed by atoms with E-state index < -0.39 is 0 Å². The summed E-state index contributed by atoms with van der Waals surface area (Å²) in [4.78, 5) is 1.87. The molecule has 3 heteroatoms. The van der Waals surface area contributed by atoms with E-state index in [4.69, 9.17) is 5.26 Å². The Labute approximate surface area is 90.6 Å². The minimum Gasteiger partial charge on any atom is -0.395 e. The lowest BCUT2D eigenvalue weighted by molar-refractivity contribution is 0.158. The van der Waals surface area contributed by atoms with Crippen LogP contribution >= 0.6 is 0 Å². The molecular weight excluding hydrogens is 188 g/mol. The van der Waals surface area contributed by atoms with Gasteiger partial charge >= 0.3 is 0 Å². The predicted molar refractivity (Wildman–Crippen MR) is 59.3 cm³/mol. The molecule has 15 heavy (non-hydrogen) atoms. The minimum absolute atomic E-state index is 0.0204. The number of rotatable bonds is 5. The van der Waals surface area contributed by atoms with Gasteiger partial charge in [0.1, 0.15) is 0 Å². The van der Waals surface area contributed by atoms with Crippen LogP contribution in [0.2, 0.25) is 0 Å². The molecule has 0 saturated carbocycles. The fourth-order valence-corrected chi connectivity index (χ4v) is 1.49. The van der Waals surface area contributed by atoms with Crippen LogP contribution in [0.4, 0.5) is 0 Å². The smallest absolute Gasteiger partial charge is 0.0866 e.